The first-order valence-electron chi connectivity index (χ1n) is 11.0. The number of hydrogen-bond acceptors (Lipinski definition) is 5. The van der Waals surface area contributed by atoms with Crippen molar-refractivity contribution in [3.8, 4) is 11.4 Å². The van der Waals surface area contributed by atoms with Gasteiger partial charge in [-0.05, 0) is 62.8 Å². The molecule has 0 aromatic carbocycles. The number of halogens is 1. The van der Waals surface area contributed by atoms with Crippen LogP contribution in [0.4, 0.5) is 4.39 Å². The topological polar surface area (TPSA) is 81.4 Å². The molecule has 0 saturated carbocycles. The Bertz CT molecular complexity index is 1300. The lowest BCUT2D eigenvalue weighted by Crippen LogP contribution is -2.44. The number of ether oxygens (including phenoxy) is 1. The molecule has 3 aliphatic rings. The van der Waals surface area contributed by atoms with Crippen LogP contribution in [-0.2, 0) is 34.7 Å². The van der Waals surface area contributed by atoms with Gasteiger partial charge in [-0.1, -0.05) is 13.0 Å². The normalized spacial score (nSPS) is 22.8. The van der Waals surface area contributed by atoms with Gasteiger partial charge in [0.05, 0.1) is 35.0 Å². The first kappa shape index (κ1) is 20.8. The molecule has 166 valence electrons. The van der Waals surface area contributed by atoms with Crippen molar-refractivity contribution in [2.45, 2.75) is 65.2 Å². The van der Waals surface area contributed by atoms with Crippen LogP contribution in [0.15, 0.2) is 22.8 Å². The molecule has 0 saturated heterocycles. The van der Waals surface area contributed by atoms with Crippen LogP contribution in [0.3, 0.4) is 0 Å². The summed E-state index contributed by atoms with van der Waals surface area (Å²) in [5.41, 5.74) is 4.30. The number of cyclic esters (lactones) is 1. The highest BCUT2D eigenvalue weighted by molar-refractivity contribution is 5.85. The van der Waals surface area contributed by atoms with Gasteiger partial charge >= 0.3 is 5.97 Å². The van der Waals surface area contributed by atoms with Crippen LogP contribution in [-0.4, -0.2) is 20.6 Å². The van der Waals surface area contributed by atoms with Crippen molar-refractivity contribution in [3.05, 3.63) is 61.8 Å². The van der Waals surface area contributed by atoms with Crippen molar-refractivity contribution >= 4 is 17.6 Å². The largest absolute Gasteiger partial charge is 0.458 e. The molecule has 4 heterocycles. The summed E-state index contributed by atoms with van der Waals surface area (Å²) in [5, 5.41) is 11.0. The average molecular weight is 436 g/mol. The zero-order chi connectivity index (χ0) is 22.8. The molecule has 2 aromatic rings. The van der Waals surface area contributed by atoms with Crippen LogP contribution in [0, 0.1) is 0 Å². The predicted molar refractivity (Wildman–Crippen MR) is 118 cm³/mol. The van der Waals surface area contributed by atoms with Crippen LogP contribution in [0.5, 0.6) is 0 Å². The highest BCUT2D eigenvalue weighted by atomic mass is 19.1. The average Bonchev–Trinajstić information content (AvgIpc) is 3.15. The molecular formula is C25H25FN2O4. The third-order valence-corrected chi connectivity index (χ3v) is 6.92. The van der Waals surface area contributed by atoms with E-state index in [0.717, 1.165) is 41.5 Å². The molecule has 1 aliphatic carbocycles. The lowest BCUT2D eigenvalue weighted by molar-refractivity contribution is -0.172. The lowest BCUT2D eigenvalue weighted by atomic mass is 9.82. The first-order valence-corrected chi connectivity index (χ1v) is 11.0. The molecule has 0 bridgehead atoms. The zero-order valence-corrected chi connectivity index (χ0v) is 18.4. The molecule has 32 heavy (non-hydrogen) atoms. The highest BCUT2D eigenvalue weighted by Gasteiger charge is 2.45. The summed E-state index contributed by atoms with van der Waals surface area (Å²) in [6, 6.07) is 1.70. The Morgan fingerprint density at radius 3 is 2.78 bits per heavy atom. The van der Waals surface area contributed by atoms with Crippen molar-refractivity contribution in [1.29, 1.82) is 0 Å². The quantitative estimate of drug-likeness (QED) is 0.614. The second kappa shape index (κ2) is 7.24. The third kappa shape index (κ3) is 2.77. The van der Waals surface area contributed by atoms with Crippen LogP contribution >= 0.6 is 0 Å². The monoisotopic (exact) mass is 436 g/mol. The van der Waals surface area contributed by atoms with Crippen LogP contribution in [0.1, 0.15) is 73.5 Å². The van der Waals surface area contributed by atoms with Crippen LogP contribution in [0.25, 0.3) is 23.0 Å². The summed E-state index contributed by atoms with van der Waals surface area (Å²) in [7, 11) is 0. The number of carbonyl (C=O) groups is 1. The van der Waals surface area contributed by atoms with Gasteiger partial charge in [-0.25, -0.2) is 14.2 Å². The molecule has 5 rings (SSSR count). The molecule has 0 fully saturated rings. The minimum Gasteiger partial charge on any atom is -0.458 e. The number of fused-ring (bicyclic) bond motifs is 6. The number of aliphatic hydroxyl groups is 1. The second-order valence-electron chi connectivity index (χ2n) is 8.68. The maximum atomic E-state index is 14.0. The number of aromatic nitrogens is 2. The summed E-state index contributed by atoms with van der Waals surface area (Å²) in [4.78, 5) is 30.5. The van der Waals surface area contributed by atoms with Gasteiger partial charge in [0.25, 0.3) is 5.56 Å². The first-order chi connectivity index (χ1) is 15.3. The lowest BCUT2D eigenvalue weighted by Gasteiger charge is -2.31. The van der Waals surface area contributed by atoms with E-state index in [2.05, 4.69) is 0 Å². The van der Waals surface area contributed by atoms with E-state index in [4.69, 9.17) is 9.72 Å². The van der Waals surface area contributed by atoms with Crippen molar-refractivity contribution < 1.29 is 19.0 Å². The van der Waals surface area contributed by atoms with Crippen molar-refractivity contribution in [2.24, 2.45) is 0 Å². The second-order valence-corrected chi connectivity index (χ2v) is 8.68. The van der Waals surface area contributed by atoms with Crippen LogP contribution < -0.4 is 5.56 Å². The molecule has 6 nitrogen and oxygen atoms in total. The van der Waals surface area contributed by atoms with Crippen molar-refractivity contribution in [1.82, 2.24) is 9.55 Å². The van der Waals surface area contributed by atoms with E-state index < -0.39 is 11.6 Å². The van der Waals surface area contributed by atoms with E-state index in [9.17, 15) is 19.1 Å². The Morgan fingerprint density at radius 1 is 1.31 bits per heavy atom. The van der Waals surface area contributed by atoms with Crippen LogP contribution in [0.2, 0.25) is 0 Å². The van der Waals surface area contributed by atoms with Gasteiger partial charge in [-0.15, -0.1) is 0 Å². The Morgan fingerprint density at radius 2 is 2.09 bits per heavy atom. The summed E-state index contributed by atoms with van der Waals surface area (Å²) in [6.45, 7) is 5.25. The minimum absolute atomic E-state index is 0.0892. The molecule has 2 aliphatic heterocycles. The number of carbonyl (C=O) groups excluding carboxylic acids is 1. The summed E-state index contributed by atoms with van der Waals surface area (Å²) in [6.07, 6.45) is 6.28. The maximum Gasteiger partial charge on any atom is 0.343 e. The minimum atomic E-state index is -1.87. The van der Waals surface area contributed by atoms with Gasteiger partial charge in [-0.2, -0.15) is 0 Å². The molecule has 0 unspecified atom stereocenters. The molecule has 0 amide bonds. The highest BCUT2D eigenvalue weighted by Crippen LogP contribution is 2.43. The fourth-order valence-corrected chi connectivity index (χ4v) is 5.28. The van der Waals surface area contributed by atoms with E-state index in [1.165, 1.54) is 13.0 Å². The third-order valence-electron chi connectivity index (χ3n) is 6.92. The van der Waals surface area contributed by atoms with E-state index in [1.807, 2.05) is 13.0 Å². The predicted octanol–water partition coefficient (Wildman–Crippen LogP) is 4.00. The van der Waals surface area contributed by atoms with Gasteiger partial charge < -0.3 is 14.4 Å². The molecule has 0 radical (unpaired) electrons. The molecular weight excluding hydrogens is 411 g/mol. The Balaban J connectivity index is 1.82. The van der Waals surface area contributed by atoms with Gasteiger partial charge in [0.1, 0.15) is 6.61 Å². The van der Waals surface area contributed by atoms with Gasteiger partial charge in [0.2, 0.25) is 0 Å². The Kier molecular flexibility index (Phi) is 4.71. The molecule has 7 heteroatoms. The summed E-state index contributed by atoms with van der Waals surface area (Å²) in [5.74, 6) is -1.09. The number of nitrogens with zero attached hydrogens (tertiary/aromatic N) is 2. The number of esters is 1. The van der Waals surface area contributed by atoms with E-state index >= 15 is 0 Å². The van der Waals surface area contributed by atoms with Gasteiger partial charge in [0.15, 0.2) is 5.60 Å². The molecule has 1 N–H and O–H groups in total. The Hall–Kier alpha value is -3.06. The Labute approximate surface area is 185 Å². The smallest absolute Gasteiger partial charge is 0.343 e. The standard InChI is InChI=1S/C25H25FN2O4/c1-4-14-7-6-8-15-16-11-28-20(22(16)27-19(21(14)15)9-13(3)26)10-18-17(23(28)29)12-32-24(30)25(18,31)5-2/h4,9-10,31H,5-8,11-12H2,1-3H3/b13-9+,14-4+/t25-/m0/s1. The molecule has 2 aromatic heterocycles. The van der Waals surface area contributed by atoms with E-state index in [-0.39, 0.29) is 30.0 Å². The zero-order valence-electron chi connectivity index (χ0n) is 18.4. The molecule has 0 spiro atoms. The van der Waals surface area contributed by atoms with E-state index in [0.29, 0.717) is 29.2 Å². The van der Waals surface area contributed by atoms with E-state index in [1.54, 1.807) is 17.6 Å². The fourth-order valence-electron chi connectivity index (χ4n) is 5.28. The van der Waals surface area contributed by atoms with Crippen molar-refractivity contribution in [2.75, 3.05) is 0 Å². The summed E-state index contributed by atoms with van der Waals surface area (Å²) < 4.78 is 20.7. The van der Waals surface area contributed by atoms with Gasteiger partial charge in [0, 0.05) is 16.7 Å². The SMILES string of the molecule is C/C=C1\CCCc2c3c(nc(/C=C(\C)F)c21)-c1cc2c(c(=O)n1C3)COC(=O)[C@]2(O)CC. The van der Waals surface area contributed by atoms with Gasteiger partial charge in [-0.3, -0.25) is 4.79 Å². The number of hydrogen-bond donors (Lipinski definition) is 1. The number of pyridine rings is 2. The fraction of sp³-hybridized carbons (Fsp3) is 0.400. The van der Waals surface area contributed by atoms with Crippen molar-refractivity contribution in [3.63, 3.8) is 0 Å². The number of rotatable bonds is 2. The maximum absolute atomic E-state index is 14.0. The number of allylic oxidation sites excluding steroid dienone is 3. The molecule has 1 atom stereocenters. The summed E-state index contributed by atoms with van der Waals surface area (Å²) >= 11 is 0.